The summed E-state index contributed by atoms with van der Waals surface area (Å²) in [4.78, 5) is 73.2. The van der Waals surface area contributed by atoms with Gasteiger partial charge in [0.25, 0.3) is 0 Å². The molecule has 0 heterocycles. The van der Waals surface area contributed by atoms with Gasteiger partial charge in [-0.2, -0.15) is 11.8 Å². The van der Waals surface area contributed by atoms with Gasteiger partial charge >= 0.3 is 12.1 Å². The zero-order valence-electron chi connectivity index (χ0n) is 22.3. The quantitative estimate of drug-likeness (QED) is 0.160. The van der Waals surface area contributed by atoms with Crippen LogP contribution in [-0.4, -0.2) is 88.6 Å². The third kappa shape index (κ3) is 13.5. The molecule has 0 bridgehead atoms. The van der Waals surface area contributed by atoms with Crippen molar-refractivity contribution in [3.8, 4) is 5.75 Å². The number of amides is 4. The number of phenols is 1. The van der Waals surface area contributed by atoms with Gasteiger partial charge in [0.2, 0.25) is 17.7 Å². The smallest absolute Gasteiger partial charge is 0.408 e. The first kappa shape index (κ1) is 33.2. The number of aromatic hydroxyl groups is 1. The van der Waals surface area contributed by atoms with E-state index in [-0.39, 0.29) is 25.1 Å². The Hall–Kier alpha value is -3.81. The molecule has 0 aliphatic heterocycles. The highest BCUT2D eigenvalue weighted by Gasteiger charge is 2.31. The summed E-state index contributed by atoms with van der Waals surface area (Å²) in [6, 6.07) is 1.94. The molecule has 0 fully saturated rings. The van der Waals surface area contributed by atoms with Gasteiger partial charge in [0.15, 0.2) is 0 Å². The summed E-state index contributed by atoms with van der Waals surface area (Å²) in [6.45, 7) is 4.53. The number of ether oxygens (including phenoxy) is 1. The van der Waals surface area contributed by atoms with Gasteiger partial charge < -0.3 is 41.0 Å². The lowest BCUT2D eigenvalue weighted by Gasteiger charge is -2.26. The molecule has 1 aromatic carbocycles. The molecule has 3 atom stereocenters. The van der Waals surface area contributed by atoms with E-state index in [4.69, 9.17) is 4.74 Å². The summed E-state index contributed by atoms with van der Waals surface area (Å²) >= 11 is 1.44. The number of rotatable bonds is 15. The van der Waals surface area contributed by atoms with Crippen LogP contribution in [0.4, 0.5) is 4.79 Å². The van der Waals surface area contributed by atoms with Crippen LogP contribution in [-0.2, 0) is 35.1 Å². The highest BCUT2D eigenvalue weighted by atomic mass is 32.2. The van der Waals surface area contributed by atoms with Crippen molar-refractivity contribution in [2.45, 2.75) is 63.8 Å². The summed E-state index contributed by atoms with van der Waals surface area (Å²) in [6.07, 6.45) is 0.653. The Morgan fingerprint density at radius 3 is 2.08 bits per heavy atom. The molecule has 39 heavy (non-hydrogen) atoms. The van der Waals surface area contributed by atoms with Crippen LogP contribution in [0.25, 0.3) is 0 Å². The molecular weight excluding hydrogens is 532 g/mol. The molecule has 0 saturated heterocycles. The normalized spacial score (nSPS) is 13.2. The number of carbonyl (C=O) groups is 6. The number of hydrogen-bond acceptors (Lipinski definition) is 9. The third-order valence-corrected chi connectivity index (χ3v) is 5.64. The maximum atomic E-state index is 13.3. The number of aldehydes is 1. The first-order chi connectivity index (χ1) is 18.2. The summed E-state index contributed by atoms with van der Waals surface area (Å²) < 4.78 is 5.11. The largest absolute Gasteiger partial charge is 0.508 e. The number of carboxylic acids is 1. The topological polar surface area (TPSA) is 200 Å². The first-order valence-electron chi connectivity index (χ1n) is 12.1. The van der Waals surface area contributed by atoms with Gasteiger partial charge in [-0.05, 0) is 56.9 Å². The van der Waals surface area contributed by atoms with Crippen LogP contribution in [0.1, 0.15) is 39.2 Å². The Morgan fingerprint density at radius 2 is 1.54 bits per heavy atom. The van der Waals surface area contributed by atoms with Gasteiger partial charge in [-0.25, -0.2) is 4.79 Å². The van der Waals surface area contributed by atoms with Gasteiger partial charge in [-0.3, -0.25) is 19.2 Å². The number of carbonyl (C=O) groups excluding carboxylic acids is 5. The number of carboxylic acid groups (broad SMARTS) is 1. The molecule has 216 valence electrons. The van der Waals surface area contributed by atoms with E-state index in [1.807, 2.05) is 6.26 Å². The van der Waals surface area contributed by atoms with Crippen LogP contribution < -0.4 is 21.3 Å². The summed E-state index contributed by atoms with van der Waals surface area (Å²) in [5, 5.41) is 28.5. The van der Waals surface area contributed by atoms with Crippen LogP contribution in [0.3, 0.4) is 0 Å². The maximum Gasteiger partial charge on any atom is 0.408 e. The van der Waals surface area contributed by atoms with Crippen molar-refractivity contribution >= 4 is 47.8 Å². The number of phenolic OH excluding ortho intramolecular Hbond substituents is 1. The van der Waals surface area contributed by atoms with Crippen molar-refractivity contribution in [2.75, 3.05) is 18.6 Å². The SMILES string of the molecule is CSCC[C@H](NC(=O)[C@H](Cc1ccc(O)cc1)NC(=O)[C@H](CC(=O)O)NC(=O)OC(C)(C)C)C(=O)NCC=O. The Balaban J connectivity index is 3.20. The van der Waals surface area contributed by atoms with Crippen molar-refractivity contribution < 1.29 is 43.7 Å². The standard InChI is InChI=1S/C25H36N4O9S/c1-25(2,3)38-24(37)29-19(14-20(32)33)23(36)28-18(13-15-5-7-16(31)8-6-15)22(35)27-17(9-12-39-4)21(34)26-10-11-30/h5-8,11,17-19,31H,9-10,12-14H2,1-4H3,(H,26,34)(H,27,35)(H,28,36)(H,29,37)(H,32,33)/t17-,18-,19-/m0/s1. The van der Waals surface area contributed by atoms with Crippen LogP contribution in [0, 0.1) is 0 Å². The third-order valence-electron chi connectivity index (χ3n) is 5.00. The lowest BCUT2D eigenvalue weighted by Crippen LogP contribution is -2.58. The van der Waals surface area contributed by atoms with Crippen LogP contribution in [0.15, 0.2) is 24.3 Å². The summed E-state index contributed by atoms with van der Waals surface area (Å²) in [7, 11) is 0. The first-order valence-corrected chi connectivity index (χ1v) is 13.4. The van der Waals surface area contributed by atoms with Crippen molar-refractivity contribution in [1.82, 2.24) is 21.3 Å². The Labute approximate surface area is 230 Å². The van der Waals surface area contributed by atoms with E-state index >= 15 is 0 Å². The Bertz CT molecular complexity index is 1010. The molecule has 0 spiro atoms. The second-order valence-electron chi connectivity index (χ2n) is 9.48. The summed E-state index contributed by atoms with van der Waals surface area (Å²) in [5.74, 6) is -3.20. The van der Waals surface area contributed by atoms with Crippen molar-refractivity contribution in [2.24, 2.45) is 0 Å². The maximum absolute atomic E-state index is 13.3. The monoisotopic (exact) mass is 568 g/mol. The molecule has 0 aliphatic carbocycles. The predicted octanol–water partition coefficient (Wildman–Crippen LogP) is 0.341. The van der Waals surface area contributed by atoms with Crippen LogP contribution in [0.5, 0.6) is 5.75 Å². The molecular formula is C25H36N4O9S. The fourth-order valence-electron chi connectivity index (χ4n) is 3.23. The fraction of sp³-hybridized carbons (Fsp3) is 0.520. The van der Waals surface area contributed by atoms with Gasteiger partial charge in [-0.15, -0.1) is 0 Å². The Morgan fingerprint density at radius 1 is 0.949 bits per heavy atom. The lowest BCUT2D eigenvalue weighted by molar-refractivity contribution is -0.140. The average Bonchev–Trinajstić information content (AvgIpc) is 2.83. The molecule has 4 amide bonds. The molecule has 0 unspecified atom stereocenters. The molecule has 0 aromatic heterocycles. The van der Waals surface area contributed by atoms with E-state index < -0.39 is 59.9 Å². The van der Waals surface area contributed by atoms with Crippen molar-refractivity contribution in [3.05, 3.63) is 29.8 Å². The van der Waals surface area contributed by atoms with Crippen molar-refractivity contribution in [3.63, 3.8) is 0 Å². The number of thioether (sulfide) groups is 1. The highest BCUT2D eigenvalue weighted by Crippen LogP contribution is 2.13. The second-order valence-corrected chi connectivity index (χ2v) is 10.5. The molecule has 13 nitrogen and oxygen atoms in total. The number of aliphatic carboxylic acids is 1. The minimum Gasteiger partial charge on any atom is -0.508 e. The average molecular weight is 569 g/mol. The Kier molecular flexibility index (Phi) is 13.8. The fourth-order valence-corrected chi connectivity index (χ4v) is 3.70. The zero-order chi connectivity index (χ0) is 29.6. The minimum absolute atomic E-state index is 0.0177. The van der Waals surface area contributed by atoms with E-state index in [9.17, 15) is 39.0 Å². The van der Waals surface area contributed by atoms with Crippen LogP contribution in [0.2, 0.25) is 0 Å². The number of alkyl carbamates (subject to hydrolysis) is 1. The highest BCUT2D eigenvalue weighted by molar-refractivity contribution is 7.98. The predicted molar refractivity (Wildman–Crippen MR) is 143 cm³/mol. The molecule has 14 heteroatoms. The van der Waals surface area contributed by atoms with E-state index in [1.165, 1.54) is 36.0 Å². The van der Waals surface area contributed by atoms with Gasteiger partial charge in [0.1, 0.15) is 35.8 Å². The molecule has 0 radical (unpaired) electrons. The number of benzene rings is 1. The molecule has 0 aliphatic rings. The molecule has 0 saturated carbocycles. The van der Waals surface area contributed by atoms with Crippen LogP contribution >= 0.6 is 11.8 Å². The van der Waals surface area contributed by atoms with E-state index in [0.29, 0.717) is 17.6 Å². The summed E-state index contributed by atoms with van der Waals surface area (Å²) in [5.41, 5.74) is -0.375. The number of hydrogen-bond donors (Lipinski definition) is 6. The van der Waals surface area contributed by atoms with E-state index in [0.717, 1.165) is 0 Å². The zero-order valence-corrected chi connectivity index (χ0v) is 23.1. The van der Waals surface area contributed by atoms with Gasteiger partial charge in [0.05, 0.1) is 13.0 Å². The lowest BCUT2D eigenvalue weighted by atomic mass is 10.0. The molecule has 1 aromatic rings. The number of nitrogens with one attached hydrogen (secondary N) is 4. The van der Waals surface area contributed by atoms with Gasteiger partial charge in [0, 0.05) is 6.42 Å². The molecule has 1 rings (SSSR count). The van der Waals surface area contributed by atoms with E-state index in [1.54, 1.807) is 20.8 Å². The molecule has 6 N–H and O–H groups in total. The minimum atomic E-state index is -1.57. The van der Waals surface area contributed by atoms with E-state index in [2.05, 4.69) is 21.3 Å². The van der Waals surface area contributed by atoms with Crippen molar-refractivity contribution in [1.29, 1.82) is 0 Å². The second kappa shape index (κ2) is 16.2. The van der Waals surface area contributed by atoms with Gasteiger partial charge in [-0.1, -0.05) is 12.1 Å².